The molecule has 0 N–H and O–H groups in total. The third-order valence-electron chi connectivity index (χ3n) is 4.93. The Balaban J connectivity index is 1.42. The minimum atomic E-state index is -0.0783. The molecule has 6 nitrogen and oxygen atoms in total. The molecule has 2 aromatic rings. The summed E-state index contributed by atoms with van der Waals surface area (Å²) in [4.78, 5) is 18.8. The van der Waals surface area contributed by atoms with Crippen molar-refractivity contribution in [2.24, 2.45) is 0 Å². The van der Waals surface area contributed by atoms with Crippen LogP contribution in [-0.4, -0.2) is 47.2 Å². The van der Waals surface area contributed by atoms with Crippen LogP contribution in [0.3, 0.4) is 0 Å². The molecule has 1 amide bonds. The van der Waals surface area contributed by atoms with Gasteiger partial charge < -0.3 is 18.8 Å². The molecule has 3 atom stereocenters. The smallest absolute Gasteiger partial charge is 0.289 e. The van der Waals surface area contributed by atoms with Crippen LogP contribution >= 0.6 is 0 Å². The number of pyridine rings is 1. The number of nitrogens with zero attached hydrogens (tertiary/aromatic N) is 2. The predicted molar refractivity (Wildman–Crippen MR) is 90.1 cm³/mol. The van der Waals surface area contributed by atoms with E-state index in [1.165, 1.54) is 0 Å². The second-order valence-corrected chi connectivity index (χ2v) is 6.60. The number of amides is 1. The first-order valence-corrected chi connectivity index (χ1v) is 8.72. The highest BCUT2D eigenvalue weighted by atomic mass is 16.5. The van der Waals surface area contributed by atoms with Gasteiger partial charge in [0.05, 0.1) is 25.4 Å². The first-order chi connectivity index (χ1) is 12.2. The number of aromatic nitrogens is 1. The molecule has 2 aliphatic rings. The van der Waals surface area contributed by atoms with Crippen LogP contribution in [0.5, 0.6) is 0 Å². The van der Waals surface area contributed by atoms with Crippen molar-refractivity contribution in [3.63, 3.8) is 0 Å². The molecule has 1 aliphatic heterocycles. The standard InChI is InChI=1S/C19H22N2O4/c1-13-4-6-17(25-13)19(22)21-9-10-23-18-15(21)5-7-16(18)24-12-14-3-2-8-20-11-14/h2-4,6,8,11,15-16,18H,5,7,9-10,12H2,1H3/t15-,16-,18-/m0/s1. The highest BCUT2D eigenvalue weighted by Gasteiger charge is 2.45. The van der Waals surface area contributed by atoms with Crippen molar-refractivity contribution in [1.82, 2.24) is 9.88 Å². The summed E-state index contributed by atoms with van der Waals surface area (Å²) < 4.78 is 17.5. The minimum Gasteiger partial charge on any atom is -0.456 e. The monoisotopic (exact) mass is 342 g/mol. The van der Waals surface area contributed by atoms with Crippen LogP contribution in [0.15, 0.2) is 41.1 Å². The van der Waals surface area contributed by atoms with Gasteiger partial charge in [-0.2, -0.15) is 0 Å². The van der Waals surface area contributed by atoms with Crippen molar-refractivity contribution < 1.29 is 18.7 Å². The van der Waals surface area contributed by atoms with E-state index in [1.807, 2.05) is 36.2 Å². The van der Waals surface area contributed by atoms with Gasteiger partial charge >= 0.3 is 0 Å². The van der Waals surface area contributed by atoms with Crippen molar-refractivity contribution in [2.45, 2.75) is 44.6 Å². The van der Waals surface area contributed by atoms with Crippen molar-refractivity contribution in [2.75, 3.05) is 13.2 Å². The maximum absolute atomic E-state index is 12.8. The maximum Gasteiger partial charge on any atom is 0.289 e. The molecular formula is C19H22N2O4. The molecule has 3 heterocycles. The van der Waals surface area contributed by atoms with Crippen LogP contribution in [0.25, 0.3) is 0 Å². The molecular weight excluding hydrogens is 320 g/mol. The zero-order valence-corrected chi connectivity index (χ0v) is 14.3. The van der Waals surface area contributed by atoms with Gasteiger partial charge in [-0.05, 0) is 43.5 Å². The molecule has 0 unspecified atom stereocenters. The SMILES string of the molecule is Cc1ccc(C(=O)N2CCO[C@@H]3[C@@H](OCc4cccnc4)CC[C@@H]32)o1. The third kappa shape index (κ3) is 3.32. The lowest BCUT2D eigenvalue weighted by atomic mass is 10.1. The second-order valence-electron chi connectivity index (χ2n) is 6.60. The number of hydrogen-bond acceptors (Lipinski definition) is 5. The van der Waals surface area contributed by atoms with E-state index < -0.39 is 0 Å². The maximum atomic E-state index is 12.8. The van der Waals surface area contributed by atoms with Crippen molar-refractivity contribution in [3.8, 4) is 0 Å². The summed E-state index contributed by atoms with van der Waals surface area (Å²) in [6.45, 7) is 3.47. The number of ether oxygens (including phenoxy) is 2. The number of carbonyl (C=O) groups is 1. The van der Waals surface area contributed by atoms with Gasteiger partial charge in [0.25, 0.3) is 5.91 Å². The molecule has 25 heavy (non-hydrogen) atoms. The van der Waals surface area contributed by atoms with Crippen LogP contribution in [0.1, 0.15) is 34.7 Å². The van der Waals surface area contributed by atoms with Gasteiger partial charge in [0, 0.05) is 18.9 Å². The number of morpholine rings is 1. The van der Waals surface area contributed by atoms with Crippen LogP contribution < -0.4 is 0 Å². The van der Waals surface area contributed by atoms with E-state index in [4.69, 9.17) is 13.9 Å². The van der Waals surface area contributed by atoms with E-state index in [0.29, 0.717) is 25.5 Å². The van der Waals surface area contributed by atoms with Crippen LogP contribution in [-0.2, 0) is 16.1 Å². The zero-order chi connectivity index (χ0) is 17.2. The molecule has 0 spiro atoms. The van der Waals surface area contributed by atoms with Crippen molar-refractivity contribution in [1.29, 1.82) is 0 Å². The number of hydrogen-bond donors (Lipinski definition) is 0. The Hall–Kier alpha value is -2.18. The van der Waals surface area contributed by atoms with Gasteiger partial charge in [-0.3, -0.25) is 9.78 Å². The van der Waals surface area contributed by atoms with Crippen LogP contribution in [0, 0.1) is 6.92 Å². The third-order valence-corrected chi connectivity index (χ3v) is 4.93. The predicted octanol–water partition coefficient (Wildman–Crippen LogP) is 2.57. The van der Waals surface area contributed by atoms with Gasteiger partial charge in [0.1, 0.15) is 11.9 Å². The number of fused-ring (bicyclic) bond motifs is 1. The molecule has 0 bridgehead atoms. The summed E-state index contributed by atoms with van der Waals surface area (Å²) >= 11 is 0. The van der Waals surface area contributed by atoms with Crippen LogP contribution in [0.2, 0.25) is 0 Å². The fourth-order valence-corrected chi connectivity index (χ4v) is 3.72. The van der Waals surface area contributed by atoms with Gasteiger partial charge in [-0.25, -0.2) is 0 Å². The molecule has 1 aliphatic carbocycles. The molecule has 4 rings (SSSR count). The molecule has 0 radical (unpaired) electrons. The molecule has 132 valence electrons. The van der Waals surface area contributed by atoms with Crippen molar-refractivity contribution in [3.05, 3.63) is 53.7 Å². The zero-order valence-electron chi connectivity index (χ0n) is 14.3. The fraction of sp³-hybridized carbons (Fsp3) is 0.474. The molecule has 6 heteroatoms. The Bertz CT molecular complexity index is 730. The minimum absolute atomic E-state index is 0.000793. The summed E-state index contributed by atoms with van der Waals surface area (Å²) in [6, 6.07) is 7.51. The average Bonchev–Trinajstić information content (AvgIpc) is 3.26. The first kappa shape index (κ1) is 16.3. The van der Waals surface area contributed by atoms with E-state index in [2.05, 4.69) is 4.98 Å². The van der Waals surface area contributed by atoms with Gasteiger partial charge in [0.2, 0.25) is 0 Å². The number of rotatable bonds is 4. The van der Waals surface area contributed by atoms with Gasteiger partial charge in [0.15, 0.2) is 5.76 Å². The fourth-order valence-electron chi connectivity index (χ4n) is 3.72. The largest absolute Gasteiger partial charge is 0.456 e. The van der Waals surface area contributed by atoms with Gasteiger partial charge in [-0.1, -0.05) is 6.07 Å². The number of aryl methyl sites for hydroxylation is 1. The first-order valence-electron chi connectivity index (χ1n) is 8.72. The van der Waals surface area contributed by atoms with Crippen molar-refractivity contribution >= 4 is 5.91 Å². The summed E-state index contributed by atoms with van der Waals surface area (Å²) in [7, 11) is 0. The molecule has 1 saturated carbocycles. The Labute approximate surface area is 146 Å². The summed E-state index contributed by atoms with van der Waals surface area (Å²) in [5.41, 5.74) is 1.04. The molecule has 1 saturated heterocycles. The number of carbonyl (C=O) groups excluding carboxylic acids is 1. The normalized spacial score (nSPS) is 25.8. The topological polar surface area (TPSA) is 64.8 Å². The van der Waals surface area contributed by atoms with E-state index in [0.717, 1.165) is 24.2 Å². The molecule has 2 aromatic heterocycles. The Morgan fingerprint density at radius 3 is 3.04 bits per heavy atom. The van der Waals surface area contributed by atoms with Crippen LogP contribution in [0.4, 0.5) is 0 Å². The average molecular weight is 342 g/mol. The lowest BCUT2D eigenvalue weighted by Crippen LogP contribution is -2.53. The lowest BCUT2D eigenvalue weighted by Gasteiger charge is -2.38. The molecule has 2 fully saturated rings. The molecule has 0 aromatic carbocycles. The highest BCUT2D eigenvalue weighted by molar-refractivity contribution is 5.92. The quantitative estimate of drug-likeness (QED) is 0.854. The Kier molecular flexibility index (Phi) is 4.55. The van der Waals surface area contributed by atoms with E-state index in [-0.39, 0.29) is 24.2 Å². The highest BCUT2D eigenvalue weighted by Crippen LogP contribution is 2.33. The summed E-state index contributed by atoms with van der Waals surface area (Å²) in [5, 5.41) is 0. The van der Waals surface area contributed by atoms with E-state index in [1.54, 1.807) is 12.3 Å². The van der Waals surface area contributed by atoms with Gasteiger partial charge in [-0.15, -0.1) is 0 Å². The Morgan fingerprint density at radius 2 is 2.28 bits per heavy atom. The number of furan rings is 1. The van der Waals surface area contributed by atoms with E-state index in [9.17, 15) is 4.79 Å². The summed E-state index contributed by atoms with van der Waals surface area (Å²) in [5.74, 6) is 1.09. The Morgan fingerprint density at radius 1 is 1.36 bits per heavy atom. The second kappa shape index (κ2) is 6.98. The van der Waals surface area contributed by atoms with E-state index >= 15 is 0 Å². The summed E-state index contributed by atoms with van der Waals surface area (Å²) in [6.07, 6.45) is 5.25. The lowest BCUT2D eigenvalue weighted by molar-refractivity contribution is -0.108.